The van der Waals surface area contributed by atoms with Crippen LogP contribution < -0.4 is 5.73 Å². The van der Waals surface area contributed by atoms with Crippen LogP contribution in [0.2, 0.25) is 0 Å². The maximum absolute atomic E-state index is 5.74. The van der Waals surface area contributed by atoms with Crippen LogP contribution >= 0.6 is 15.9 Å². The molecule has 2 heterocycles. The summed E-state index contributed by atoms with van der Waals surface area (Å²) in [7, 11) is 0. The van der Waals surface area contributed by atoms with Gasteiger partial charge in [-0.3, -0.25) is 4.98 Å². The summed E-state index contributed by atoms with van der Waals surface area (Å²) < 4.78 is 3.01. The van der Waals surface area contributed by atoms with E-state index in [-0.39, 0.29) is 6.04 Å². The highest BCUT2D eigenvalue weighted by Gasteiger charge is 2.03. The lowest BCUT2D eigenvalue weighted by molar-refractivity contribution is 0.722. The highest BCUT2D eigenvalue weighted by molar-refractivity contribution is 9.10. The van der Waals surface area contributed by atoms with E-state index in [0.717, 1.165) is 28.8 Å². The van der Waals surface area contributed by atoms with E-state index in [2.05, 4.69) is 25.9 Å². The lowest BCUT2D eigenvalue weighted by Crippen LogP contribution is -2.17. The van der Waals surface area contributed by atoms with Crippen molar-refractivity contribution in [3.8, 4) is 0 Å². The molecule has 2 rings (SSSR count). The van der Waals surface area contributed by atoms with Gasteiger partial charge in [0.15, 0.2) is 0 Å². The average Bonchev–Trinajstić information content (AvgIpc) is 2.68. The fourth-order valence-electron chi connectivity index (χ4n) is 1.62. The van der Waals surface area contributed by atoms with E-state index in [0.29, 0.717) is 0 Å². The molecule has 1 unspecified atom stereocenters. The number of hydrogen-bond acceptors (Lipinski definition) is 3. The van der Waals surface area contributed by atoms with Gasteiger partial charge in [0.1, 0.15) is 0 Å². The Morgan fingerprint density at radius 1 is 1.35 bits per heavy atom. The predicted octanol–water partition coefficient (Wildman–Crippen LogP) is 1.98. The molecular formula is C12H15BrN4. The van der Waals surface area contributed by atoms with Crippen molar-refractivity contribution in [1.29, 1.82) is 0 Å². The average molecular weight is 295 g/mol. The third-order valence-electron chi connectivity index (χ3n) is 2.35. The van der Waals surface area contributed by atoms with E-state index < -0.39 is 0 Å². The van der Waals surface area contributed by atoms with Crippen LogP contribution in [0.4, 0.5) is 0 Å². The topological polar surface area (TPSA) is 56.7 Å². The van der Waals surface area contributed by atoms with E-state index in [1.54, 1.807) is 6.20 Å². The van der Waals surface area contributed by atoms with Gasteiger partial charge in [-0.2, -0.15) is 0 Å². The summed E-state index contributed by atoms with van der Waals surface area (Å²) in [4.78, 5) is 8.64. The van der Waals surface area contributed by atoms with E-state index in [9.17, 15) is 0 Å². The monoisotopic (exact) mass is 294 g/mol. The first-order chi connectivity index (χ1) is 8.13. The first-order valence-electron chi connectivity index (χ1n) is 5.50. The molecule has 90 valence electrons. The third-order valence-corrected chi connectivity index (χ3v) is 2.82. The standard InChI is InChI=1S/C12H15BrN4/c1-9(14)4-12-7-17(8-16-12)6-11-3-2-10(13)5-15-11/h2-3,5,7-9H,4,6,14H2,1H3. The zero-order valence-corrected chi connectivity index (χ0v) is 11.3. The van der Waals surface area contributed by atoms with Crippen molar-refractivity contribution in [2.75, 3.05) is 0 Å². The van der Waals surface area contributed by atoms with Crippen molar-refractivity contribution in [3.63, 3.8) is 0 Å². The number of nitrogens with two attached hydrogens (primary N) is 1. The van der Waals surface area contributed by atoms with E-state index in [4.69, 9.17) is 5.73 Å². The zero-order chi connectivity index (χ0) is 12.3. The second-order valence-corrected chi connectivity index (χ2v) is 5.10. The molecule has 0 aliphatic rings. The van der Waals surface area contributed by atoms with Gasteiger partial charge in [0.05, 0.1) is 24.3 Å². The molecule has 0 aliphatic heterocycles. The maximum atomic E-state index is 5.74. The first kappa shape index (κ1) is 12.3. The minimum atomic E-state index is 0.143. The quantitative estimate of drug-likeness (QED) is 0.938. The Kier molecular flexibility index (Phi) is 3.91. The van der Waals surface area contributed by atoms with Gasteiger partial charge >= 0.3 is 0 Å². The summed E-state index contributed by atoms with van der Waals surface area (Å²) in [5.74, 6) is 0. The van der Waals surface area contributed by atoms with Gasteiger partial charge in [-0.05, 0) is 35.0 Å². The van der Waals surface area contributed by atoms with Crippen LogP contribution in [0.15, 0.2) is 35.3 Å². The van der Waals surface area contributed by atoms with Crippen LogP contribution in [-0.4, -0.2) is 20.6 Å². The highest BCUT2D eigenvalue weighted by atomic mass is 79.9. The Morgan fingerprint density at radius 3 is 2.82 bits per heavy atom. The summed E-state index contributed by atoms with van der Waals surface area (Å²) in [6.07, 6.45) is 6.45. The normalized spacial score (nSPS) is 12.6. The number of hydrogen-bond donors (Lipinski definition) is 1. The van der Waals surface area contributed by atoms with Gasteiger partial charge in [0, 0.05) is 29.3 Å². The maximum Gasteiger partial charge on any atom is 0.0953 e. The smallest absolute Gasteiger partial charge is 0.0953 e. The van der Waals surface area contributed by atoms with Crippen LogP contribution in [0, 0.1) is 0 Å². The van der Waals surface area contributed by atoms with Crippen LogP contribution in [0.25, 0.3) is 0 Å². The molecule has 0 saturated heterocycles. The molecule has 1 atom stereocenters. The molecule has 0 radical (unpaired) electrons. The summed E-state index contributed by atoms with van der Waals surface area (Å²) in [5, 5.41) is 0. The Bertz CT molecular complexity index is 476. The summed E-state index contributed by atoms with van der Waals surface area (Å²) in [5.41, 5.74) is 7.77. The minimum Gasteiger partial charge on any atom is -0.331 e. The summed E-state index contributed by atoms with van der Waals surface area (Å²) in [6, 6.07) is 4.13. The first-order valence-corrected chi connectivity index (χ1v) is 6.29. The number of pyridine rings is 1. The lowest BCUT2D eigenvalue weighted by Gasteiger charge is -2.02. The molecule has 4 nitrogen and oxygen atoms in total. The van der Waals surface area contributed by atoms with Gasteiger partial charge in [-0.15, -0.1) is 0 Å². The highest BCUT2D eigenvalue weighted by Crippen LogP contribution is 2.09. The van der Waals surface area contributed by atoms with Crippen molar-refractivity contribution in [2.24, 2.45) is 5.73 Å². The fourth-order valence-corrected chi connectivity index (χ4v) is 1.85. The molecule has 2 aromatic heterocycles. The Morgan fingerprint density at radius 2 is 2.18 bits per heavy atom. The van der Waals surface area contributed by atoms with E-state index >= 15 is 0 Å². The van der Waals surface area contributed by atoms with Crippen molar-refractivity contribution in [2.45, 2.75) is 25.9 Å². The fraction of sp³-hybridized carbons (Fsp3) is 0.333. The molecule has 0 fully saturated rings. The molecule has 2 aromatic rings. The molecular weight excluding hydrogens is 280 g/mol. The lowest BCUT2D eigenvalue weighted by atomic mass is 10.2. The molecule has 17 heavy (non-hydrogen) atoms. The van der Waals surface area contributed by atoms with Gasteiger partial charge < -0.3 is 10.3 Å². The second-order valence-electron chi connectivity index (χ2n) is 4.19. The largest absolute Gasteiger partial charge is 0.331 e. The van der Waals surface area contributed by atoms with Crippen molar-refractivity contribution >= 4 is 15.9 Å². The van der Waals surface area contributed by atoms with Crippen LogP contribution in [0.5, 0.6) is 0 Å². The van der Waals surface area contributed by atoms with Gasteiger partial charge in [-0.25, -0.2) is 4.98 Å². The van der Waals surface area contributed by atoms with E-state index in [1.165, 1.54) is 0 Å². The van der Waals surface area contributed by atoms with Gasteiger partial charge in [0.25, 0.3) is 0 Å². The minimum absolute atomic E-state index is 0.143. The molecule has 0 spiro atoms. The van der Waals surface area contributed by atoms with Gasteiger partial charge in [0.2, 0.25) is 0 Å². The number of nitrogens with zero attached hydrogens (tertiary/aromatic N) is 3. The van der Waals surface area contributed by atoms with Crippen molar-refractivity contribution in [1.82, 2.24) is 14.5 Å². The predicted molar refractivity (Wildman–Crippen MR) is 70.6 cm³/mol. The molecule has 0 aliphatic carbocycles. The van der Waals surface area contributed by atoms with Crippen LogP contribution in [0.1, 0.15) is 18.3 Å². The third kappa shape index (κ3) is 3.64. The molecule has 2 N–H and O–H groups in total. The number of rotatable bonds is 4. The number of aromatic nitrogens is 3. The van der Waals surface area contributed by atoms with Crippen LogP contribution in [0.3, 0.4) is 0 Å². The van der Waals surface area contributed by atoms with Crippen molar-refractivity contribution < 1.29 is 0 Å². The second kappa shape index (κ2) is 5.42. The molecule has 0 bridgehead atoms. The Labute approximate surface area is 109 Å². The number of halogens is 1. The molecule has 0 amide bonds. The Hall–Kier alpha value is -1.20. The Balaban J connectivity index is 2.03. The molecule has 5 heteroatoms. The zero-order valence-electron chi connectivity index (χ0n) is 9.68. The van der Waals surface area contributed by atoms with Crippen LogP contribution in [-0.2, 0) is 13.0 Å². The number of imidazole rings is 1. The molecule has 0 saturated carbocycles. The van der Waals surface area contributed by atoms with Gasteiger partial charge in [-0.1, -0.05) is 0 Å². The molecule has 0 aromatic carbocycles. The van der Waals surface area contributed by atoms with E-state index in [1.807, 2.05) is 36.1 Å². The SMILES string of the molecule is CC(N)Cc1cn(Cc2ccc(Br)cn2)cn1. The van der Waals surface area contributed by atoms with Crippen molar-refractivity contribution in [3.05, 3.63) is 46.7 Å². The summed E-state index contributed by atoms with van der Waals surface area (Å²) >= 11 is 3.37. The summed E-state index contributed by atoms with van der Waals surface area (Å²) in [6.45, 7) is 2.72.